The molecule has 32 heavy (non-hydrogen) atoms. The van der Waals surface area contributed by atoms with Crippen LogP contribution in [0.3, 0.4) is 0 Å². The fourth-order valence-electron chi connectivity index (χ4n) is 3.41. The standard InChI is InChI=1S/C25H19ClO6/c1-14-9-18(31-25(28)16-7-8-19(29-2)20(12-16)30-3)13-21-23(14)24(27)22(32-21)11-15-5-4-6-17(26)10-15/h4-13H,1-3H3/b22-11-. The van der Waals surface area contributed by atoms with Crippen LogP contribution in [-0.4, -0.2) is 26.0 Å². The van der Waals surface area contributed by atoms with Crippen molar-refractivity contribution in [2.45, 2.75) is 6.92 Å². The van der Waals surface area contributed by atoms with Gasteiger partial charge in [-0.15, -0.1) is 0 Å². The van der Waals surface area contributed by atoms with Crippen LogP contribution < -0.4 is 18.9 Å². The zero-order chi connectivity index (χ0) is 22.8. The molecule has 3 aromatic carbocycles. The summed E-state index contributed by atoms with van der Waals surface area (Å²) in [6, 6.07) is 15.0. The predicted octanol–water partition coefficient (Wildman–Crippen LogP) is 5.50. The number of aryl methyl sites for hydroxylation is 1. The monoisotopic (exact) mass is 450 g/mol. The van der Waals surface area contributed by atoms with E-state index in [4.69, 9.17) is 30.5 Å². The number of allylic oxidation sites excluding steroid dienone is 1. The number of fused-ring (bicyclic) bond motifs is 1. The second kappa shape index (κ2) is 8.77. The number of methoxy groups -OCH3 is 2. The normalized spacial score (nSPS) is 13.5. The Morgan fingerprint density at radius 1 is 1.00 bits per heavy atom. The van der Waals surface area contributed by atoms with Crippen LogP contribution in [0.25, 0.3) is 6.08 Å². The van der Waals surface area contributed by atoms with Crippen LogP contribution in [0.1, 0.15) is 31.8 Å². The van der Waals surface area contributed by atoms with Gasteiger partial charge in [-0.2, -0.15) is 0 Å². The highest BCUT2D eigenvalue weighted by molar-refractivity contribution is 6.30. The maximum absolute atomic E-state index is 12.8. The second-order valence-corrected chi connectivity index (χ2v) is 7.50. The molecular formula is C25H19ClO6. The summed E-state index contributed by atoms with van der Waals surface area (Å²) in [5.74, 6) is 0.865. The zero-order valence-corrected chi connectivity index (χ0v) is 18.4. The van der Waals surface area contributed by atoms with Gasteiger partial charge in [0.05, 0.1) is 25.3 Å². The van der Waals surface area contributed by atoms with Crippen molar-refractivity contribution < 1.29 is 28.5 Å². The Kier molecular flexibility index (Phi) is 5.88. The van der Waals surface area contributed by atoms with Crippen molar-refractivity contribution >= 4 is 29.4 Å². The van der Waals surface area contributed by atoms with E-state index in [0.29, 0.717) is 39.0 Å². The van der Waals surface area contributed by atoms with Crippen LogP contribution in [0.2, 0.25) is 5.02 Å². The Balaban J connectivity index is 1.59. The molecular weight excluding hydrogens is 432 g/mol. The number of hydrogen-bond donors (Lipinski definition) is 0. The van der Waals surface area contributed by atoms with E-state index in [1.807, 2.05) is 6.07 Å². The summed E-state index contributed by atoms with van der Waals surface area (Å²) in [6.07, 6.45) is 1.63. The van der Waals surface area contributed by atoms with E-state index < -0.39 is 5.97 Å². The minimum atomic E-state index is -0.579. The van der Waals surface area contributed by atoms with Gasteiger partial charge < -0.3 is 18.9 Å². The van der Waals surface area contributed by atoms with Crippen LogP contribution in [0.15, 0.2) is 60.4 Å². The molecule has 0 atom stereocenters. The molecule has 0 aromatic heterocycles. The number of hydrogen-bond acceptors (Lipinski definition) is 6. The Bertz CT molecular complexity index is 1260. The SMILES string of the molecule is COc1ccc(C(=O)Oc2cc(C)c3c(c2)O/C(=C\c2cccc(Cl)c2)C3=O)cc1OC. The first-order valence-electron chi connectivity index (χ1n) is 9.68. The Hall–Kier alpha value is -3.77. The molecule has 0 fully saturated rings. The molecule has 0 amide bonds. The van der Waals surface area contributed by atoms with E-state index in [-0.39, 0.29) is 17.3 Å². The Labute approximate surface area is 189 Å². The maximum atomic E-state index is 12.8. The van der Waals surface area contributed by atoms with Gasteiger partial charge in [-0.3, -0.25) is 4.79 Å². The fourth-order valence-corrected chi connectivity index (χ4v) is 3.61. The lowest BCUT2D eigenvalue weighted by Gasteiger charge is -2.10. The van der Waals surface area contributed by atoms with E-state index in [2.05, 4.69) is 0 Å². The molecule has 6 nitrogen and oxygen atoms in total. The Morgan fingerprint density at radius 3 is 2.50 bits per heavy atom. The summed E-state index contributed by atoms with van der Waals surface area (Å²) in [7, 11) is 3.00. The molecule has 0 bridgehead atoms. The number of halogens is 1. The van der Waals surface area contributed by atoms with Crippen molar-refractivity contribution in [2.75, 3.05) is 14.2 Å². The van der Waals surface area contributed by atoms with Gasteiger partial charge >= 0.3 is 5.97 Å². The average molecular weight is 451 g/mol. The highest BCUT2D eigenvalue weighted by Crippen LogP contribution is 2.38. The first-order valence-corrected chi connectivity index (χ1v) is 10.1. The summed E-state index contributed by atoms with van der Waals surface area (Å²) in [5.41, 5.74) is 2.10. The van der Waals surface area contributed by atoms with Crippen molar-refractivity contribution in [1.82, 2.24) is 0 Å². The smallest absolute Gasteiger partial charge is 0.343 e. The molecule has 0 spiro atoms. The zero-order valence-electron chi connectivity index (χ0n) is 17.6. The van der Waals surface area contributed by atoms with Gasteiger partial charge in [0.25, 0.3) is 0 Å². The van der Waals surface area contributed by atoms with Crippen molar-refractivity contribution in [3.05, 3.63) is 87.6 Å². The van der Waals surface area contributed by atoms with Crippen molar-refractivity contribution in [1.29, 1.82) is 0 Å². The predicted molar refractivity (Wildman–Crippen MR) is 120 cm³/mol. The summed E-state index contributed by atoms with van der Waals surface area (Å²) in [4.78, 5) is 25.5. The highest BCUT2D eigenvalue weighted by Gasteiger charge is 2.30. The summed E-state index contributed by atoms with van der Waals surface area (Å²) in [6.45, 7) is 1.76. The molecule has 3 aromatic rings. The lowest BCUT2D eigenvalue weighted by atomic mass is 10.0. The van der Waals surface area contributed by atoms with Gasteiger partial charge in [0.1, 0.15) is 11.5 Å². The molecule has 0 unspecified atom stereocenters. The van der Waals surface area contributed by atoms with E-state index >= 15 is 0 Å². The average Bonchev–Trinajstić information content (AvgIpc) is 3.08. The van der Waals surface area contributed by atoms with Gasteiger partial charge in [0, 0.05) is 11.1 Å². The first-order chi connectivity index (χ1) is 15.4. The molecule has 4 rings (SSSR count). The number of carbonyl (C=O) groups is 2. The van der Waals surface area contributed by atoms with Crippen molar-refractivity contribution in [2.24, 2.45) is 0 Å². The van der Waals surface area contributed by atoms with Gasteiger partial charge in [0.15, 0.2) is 17.3 Å². The van der Waals surface area contributed by atoms with E-state index in [9.17, 15) is 9.59 Å². The molecule has 0 saturated carbocycles. The number of rotatable bonds is 5. The van der Waals surface area contributed by atoms with Crippen molar-refractivity contribution in [3.63, 3.8) is 0 Å². The third-order valence-electron chi connectivity index (χ3n) is 4.92. The van der Waals surface area contributed by atoms with E-state index in [1.165, 1.54) is 26.4 Å². The van der Waals surface area contributed by atoms with Crippen LogP contribution in [0.5, 0.6) is 23.0 Å². The largest absolute Gasteiger partial charge is 0.493 e. The number of ether oxygens (including phenoxy) is 4. The topological polar surface area (TPSA) is 71.1 Å². The molecule has 7 heteroatoms. The molecule has 1 aliphatic rings. The molecule has 162 valence electrons. The molecule has 0 saturated heterocycles. The summed E-state index contributed by atoms with van der Waals surface area (Å²) < 4.78 is 21.7. The van der Waals surface area contributed by atoms with Gasteiger partial charge in [-0.1, -0.05) is 23.7 Å². The molecule has 1 heterocycles. The number of esters is 1. The minimum absolute atomic E-state index is 0.175. The van der Waals surface area contributed by atoms with Gasteiger partial charge in [0.2, 0.25) is 5.78 Å². The van der Waals surface area contributed by atoms with Gasteiger partial charge in [-0.25, -0.2) is 4.79 Å². The number of carbonyl (C=O) groups excluding carboxylic acids is 2. The lowest BCUT2D eigenvalue weighted by Crippen LogP contribution is -2.09. The van der Waals surface area contributed by atoms with Gasteiger partial charge in [-0.05, 0) is 60.5 Å². The van der Waals surface area contributed by atoms with Crippen LogP contribution in [0.4, 0.5) is 0 Å². The quantitative estimate of drug-likeness (QED) is 0.290. The third kappa shape index (κ3) is 4.18. The van der Waals surface area contributed by atoms with E-state index in [0.717, 1.165) is 5.56 Å². The van der Waals surface area contributed by atoms with E-state index in [1.54, 1.807) is 49.4 Å². The molecule has 0 aliphatic carbocycles. The second-order valence-electron chi connectivity index (χ2n) is 7.07. The lowest BCUT2D eigenvalue weighted by molar-refractivity contribution is 0.0734. The van der Waals surface area contributed by atoms with Crippen LogP contribution in [0, 0.1) is 6.92 Å². The fraction of sp³-hybridized carbons (Fsp3) is 0.120. The molecule has 0 radical (unpaired) electrons. The number of benzene rings is 3. The number of ketones is 1. The third-order valence-corrected chi connectivity index (χ3v) is 5.15. The highest BCUT2D eigenvalue weighted by atomic mass is 35.5. The maximum Gasteiger partial charge on any atom is 0.343 e. The first kappa shape index (κ1) is 21.5. The minimum Gasteiger partial charge on any atom is -0.493 e. The summed E-state index contributed by atoms with van der Waals surface area (Å²) >= 11 is 6.02. The van der Waals surface area contributed by atoms with Crippen LogP contribution >= 0.6 is 11.6 Å². The van der Waals surface area contributed by atoms with Crippen molar-refractivity contribution in [3.8, 4) is 23.0 Å². The molecule has 1 aliphatic heterocycles. The summed E-state index contributed by atoms with van der Waals surface area (Å²) in [5, 5.41) is 0.558. The number of Topliss-reactive ketones (excluding diaryl/α,β-unsaturated/α-hetero) is 1. The van der Waals surface area contributed by atoms with Crippen LogP contribution in [-0.2, 0) is 0 Å². The molecule has 0 N–H and O–H groups in total. The Morgan fingerprint density at radius 2 is 1.78 bits per heavy atom.